The summed E-state index contributed by atoms with van der Waals surface area (Å²) in [7, 11) is 0. The molecule has 2 aromatic rings. The van der Waals surface area contributed by atoms with Crippen molar-refractivity contribution in [3.63, 3.8) is 0 Å². The Morgan fingerprint density at radius 2 is 1.87 bits per heavy atom. The molecule has 0 saturated carbocycles. The maximum Gasteiger partial charge on any atom is 0.248 e. The summed E-state index contributed by atoms with van der Waals surface area (Å²) in [6, 6.07) is 8.07. The predicted octanol–water partition coefficient (Wildman–Crippen LogP) is 1.05. The van der Waals surface area contributed by atoms with Gasteiger partial charge in [0.15, 0.2) is 0 Å². The molecule has 1 aromatic heterocycles. The third-order valence-electron chi connectivity index (χ3n) is 2.01. The summed E-state index contributed by atoms with van der Waals surface area (Å²) in [6.45, 7) is 0. The number of aromatic amines is 1. The Bertz CT molecular complexity index is 563. The number of fused-ring (bicyclic) bond motifs is 1. The Balaban J connectivity index is 0.00000112. The molecule has 78 valence electrons. The molecule has 1 heterocycles. The van der Waals surface area contributed by atoms with Gasteiger partial charge in [0.1, 0.15) is 0 Å². The average molecular weight is 225 g/mol. The molecular weight excluding hydrogens is 216 g/mol. The first-order valence-corrected chi connectivity index (χ1v) is 4.10. The molecule has 0 spiro atoms. The molecule has 3 N–H and O–H groups in total. The van der Waals surface area contributed by atoms with Gasteiger partial charge in [-0.3, -0.25) is 9.59 Å². The average Bonchev–Trinajstić information content (AvgIpc) is 2.16. The molecule has 0 saturated heterocycles. The number of benzene rings is 1. The lowest BCUT2D eigenvalue weighted by Gasteiger charge is -1.98. The summed E-state index contributed by atoms with van der Waals surface area (Å²) in [5.74, 6) is -0.503. The van der Waals surface area contributed by atoms with E-state index in [1.807, 2.05) is 0 Å². The van der Waals surface area contributed by atoms with Gasteiger partial charge in [-0.25, -0.2) is 0 Å². The monoisotopic (exact) mass is 224 g/mol. The molecule has 0 bridgehead atoms. The number of pyridine rings is 1. The Morgan fingerprint density at radius 1 is 1.20 bits per heavy atom. The normalized spacial score (nSPS) is 9.60. The van der Waals surface area contributed by atoms with Crippen molar-refractivity contribution in [2.24, 2.45) is 5.73 Å². The van der Waals surface area contributed by atoms with E-state index in [2.05, 4.69) is 4.98 Å². The second-order valence-electron chi connectivity index (χ2n) is 2.99. The summed E-state index contributed by atoms with van der Waals surface area (Å²) >= 11 is 0. The van der Waals surface area contributed by atoms with Gasteiger partial charge in [-0.15, -0.1) is 12.4 Å². The summed E-state index contributed by atoms with van der Waals surface area (Å²) < 4.78 is 0. The van der Waals surface area contributed by atoms with Crippen LogP contribution in [0.3, 0.4) is 0 Å². The van der Waals surface area contributed by atoms with Crippen molar-refractivity contribution in [3.8, 4) is 0 Å². The number of hydrogen-bond acceptors (Lipinski definition) is 2. The van der Waals surface area contributed by atoms with Crippen molar-refractivity contribution in [1.82, 2.24) is 4.98 Å². The van der Waals surface area contributed by atoms with E-state index in [4.69, 9.17) is 5.73 Å². The number of aromatic nitrogens is 1. The second-order valence-corrected chi connectivity index (χ2v) is 2.99. The minimum absolute atomic E-state index is 0. The zero-order valence-electron chi connectivity index (χ0n) is 7.69. The molecule has 0 aliphatic heterocycles. The van der Waals surface area contributed by atoms with Crippen LogP contribution >= 0.6 is 12.4 Å². The molecule has 5 heteroatoms. The third kappa shape index (κ3) is 2.16. The van der Waals surface area contributed by atoms with Gasteiger partial charge in [-0.1, -0.05) is 6.07 Å². The van der Waals surface area contributed by atoms with Gasteiger partial charge in [0.05, 0.1) is 0 Å². The zero-order valence-corrected chi connectivity index (χ0v) is 8.51. The number of nitrogens with two attached hydrogens (primary N) is 1. The molecule has 0 unspecified atom stereocenters. The predicted molar refractivity (Wildman–Crippen MR) is 60.3 cm³/mol. The van der Waals surface area contributed by atoms with Crippen LogP contribution in [0.4, 0.5) is 0 Å². The van der Waals surface area contributed by atoms with Crippen LogP contribution in [0, 0.1) is 0 Å². The smallest absolute Gasteiger partial charge is 0.248 e. The summed E-state index contributed by atoms with van der Waals surface area (Å²) in [5.41, 5.74) is 5.92. The minimum Gasteiger partial charge on any atom is -0.366 e. The van der Waals surface area contributed by atoms with Crippen LogP contribution in [-0.2, 0) is 0 Å². The van der Waals surface area contributed by atoms with E-state index < -0.39 is 5.91 Å². The zero-order chi connectivity index (χ0) is 10.1. The topological polar surface area (TPSA) is 76.0 Å². The number of nitrogens with one attached hydrogen (secondary N) is 1. The van der Waals surface area contributed by atoms with Crippen LogP contribution in [0.2, 0.25) is 0 Å². The van der Waals surface area contributed by atoms with E-state index in [0.29, 0.717) is 11.1 Å². The molecule has 4 nitrogen and oxygen atoms in total. The molecular formula is C10H9ClN2O2. The first kappa shape index (κ1) is 11.3. The highest BCUT2D eigenvalue weighted by atomic mass is 35.5. The van der Waals surface area contributed by atoms with Crippen molar-refractivity contribution in [3.05, 3.63) is 46.2 Å². The standard InChI is InChI=1S/C10H8N2O2.ClH/c11-10(14)7-2-1-6-3-4-9(13)12-8(6)5-7;/h1-5H,(H2,11,14)(H,12,13);1H. The Kier molecular flexibility index (Phi) is 3.11. The Hall–Kier alpha value is -1.81. The van der Waals surface area contributed by atoms with Crippen LogP contribution in [-0.4, -0.2) is 10.9 Å². The van der Waals surface area contributed by atoms with E-state index in [1.54, 1.807) is 24.3 Å². The number of rotatable bonds is 1. The Labute approximate surface area is 91.5 Å². The van der Waals surface area contributed by atoms with E-state index in [9.17, 15) is 9.59 Å². The van der Waals surface area contributed by atoms with Gasteiger partial charge in [0, 0.05) is 17.1 Å². The summed E-state index contributed by atoms with van der Waals surface area (Å²) in [5, 5.41) is 0.870. The molecule has 0 radical (unpaired) electrons. The molecule has 0 aliphatic rings. The van der Waals surface area contributed by atoms with Crippen molar-refractivity contribution in [2.75, 3.05) is 0 Å². The maximum atomic E-state index is 11.0. The molecule has 0 fully saturated rings. The lowest BCUT2D eigenvalue weighted by atomic mass is 10.1. The van der Waals surface area contributed by atoms with Gasteiger partial charge in [-0.2, -0.15) is 0 Å². The highest BCUT2D eigenvalue weighted by Crippen LogP contribution is 2.11. The number of hydrogen-bond donors (Lipinski definition) is 2. The number of halogens is 1. The first-order chi connectivity index (χ1) is 6.66. The van der Waals surface area contributed by atoms with Gasteiger partial charge >= 0.3 is 0 Å². The SMILES string of the molecule is Cl.NC(=O)c1ccc2ccc(=O)[nH]c2c1. The largest absolute Gasteiger partial charge is 0.366 e. The third-order valence-corrected chi connectivity index (χ3v) is 2.01. The molecule has 2 rings (SSSR count). The highest BCUT2D eigenvalue weighted by Gasteiger charge is 2.01. The van der Waals surface area contributed by atoms with E-state index in [0.717, 1.165) is 5.39 Å². The molecule has 0 aliphatic carbocycles. The number of H-pyrrole nitrogens is 1. The lowest BCUT2D eigenvalue weighted by molar-refractivity contribution is 0.100. The van der Waals surface area contributed by atoms with E-state index in [-0.39, 0.29) is 18.0 Å². The van der Waals surface area contributed by atoms with Crippen molar-refractivity contribution in [1.29, 1.82) is 0 Å². The van der Waals surface area contributed by atoms with Gasteiger partial charge in [0.2, 0.25) is 11.5 Å². The number of amides is 1. The Morgan fingerprint density at radius 3 is 2.53 bits per heavy atom. The fraction of sp³-hybridized carbons (Fsp3) is 0. The number of primary amides is 1. The molecule has 1 amide bonds. The molecule has 0 atom stereocenters. The molecule has 15 heavy (non-hydrogen) atoms. The van der Waals surface area contributed by atoms with Crippen molar-refractivity contribution in [2.45, 2.75) is 0 Å². The van der Waals surface area contributed by atoms with Gasteiger partial charge in [-0.05, 0) is 23.6 Å². The lowest BCUT2D eigenvalue weighted by Crippen LogP contribution is -2.11. The van der Waals surface area contributed by atoms with Gasteiger partial charge in [0.25, 0.3) is 0 Å². The minimum atomic E-state index is -0.503. The maximum absolute atomic E-state index is 11.0. The fourth-order valence-corrected chi connectivity index (χ4v) is 1.30. The first-order valence-electron chi connectivity index (χ1n) is 4.10. The van der Waals surface area contributed by atoms with Crippen LogP contribution < -0.4 is 11.3 Å². The fourth-order valence-electron chi connectivity index (χ4n) is 1.30. The van der Waals surface area contributed by atoms with Crippen molar-refractivity contribution >= 4 is 29.2 Å². The number of carbonyl (C=O) groups excluding carboxylic acids is 1. The quantitative estimate of drug-likeness (QED) is 0.760. The van der Waals surface area contributed by atoms with Crippen molar-refractivity contribution < 1.29 is 4.79 Å². The van der Waals surface area contributed by atoms with Crippen LogP contribution in [0.25, 0.3) is 10.9 Å². The molecule has 1 aromatic carbocycles. The van der Waals surface area contributed by atoms with Crippen LogP contribution in [0.5, 0.6) is 0 Å². The van der Waals surface area contributed by atoms with E-state index >= 15 is 0 Å². The van der Waals surface area contributed by atoms with E-state index in [1.165, 1.54) is 6.07 Å². The summed E-state index contributed by atoms with van der Waals surface area (Å²) in [6.07, 6.45) is 0. The number of carbonyl (C=O) groups is 1. The highest BCUT2D eigenvalue weighted by molar-refractivity contribution is 5.96. The van der Waals surface area contributed by atoms with Crippen LogP contribution in [0.15, 0.2) is 35.1 Å². The van der Waals surface area contributed by atoms with Gasteiger partial charge < -0.3 is 10.7 Å². The second kappa shape index (κ2) is 4.14. The van der Waals surface area contributed by atoms with Crippen LogP contribution in [0.1, 0.15) is 10.4 Å². The summed E-state index contributed by atoms with van der Waals surface area (Å²) in [4.78, 5) is 24.5.